The van der Waals surface area contributed by atoms with Crippen LogP contribution in [0.25, 0.3) is 0 Å². The smallest absolute Gasteiger partial charge is 0.338 e. The van der Waals surface area contributed by atoms with Gasteiger partial charge in [0, 0.05) is 22.7 Å². The summed E-state index contributed by atoms with van der Waals surface area (Å²) in [6.07, 6.45) is 3.15. The summed E-state index contributed by atoms with van der Waals surface area (Å²) < 4.78 is 10.7. The molecule has 6 nitrogen and oxygen atoms in total. The Morgan fingerprint density at radius 2 is 1.65 bits per heavy atom. The van der Waals surface area contributed by atoms with E-state index in [-0.39, 0.29) is 42.6 Å². The van der Waals surface area contributed by atoms with Crippen LogP contribution in [0.2, 0.25) is 5.02 Å². The van der Waals surface area contributed by atoms with E-state index in [0.717, 1.165) is 19.3 Å². The molecule has 1 saturated heterocycles. The minimum Gasteiger partial charge on any atom is -0.484 e. The van der Waals surface area contributed by atoms with Gasteiger partial charge in [-0.15, -0.1) is 0 Å². The number of hydrogen-bond donors (Lipinski definition) is 0. The van der Waals surface area contributed by atoms with E-state index in [1.54, 1.807) is 30.3 Å². The van der Waals surface area contributed by atoms with Crippen molar-refractivity contribution in [1.82, 2.24) is 4.90 Å². The molecule has 2 atom stereocenters. The van der Waals surface area contributed by atoms with E-state index in [9.17, 15) is 14.4 Å². The van der Waals surface area contributed by atoms with E-state index >= 15 is 0 Å². The molecule has 1 aliphatic heterocycles. The van der Waals surface area contributed by atoms with Crippen molar-refractivity contribution >= 4 is 29.3 Å². The molecular formula is C24H26ClNO5. The quantitative estimate of drug-likeness (QED) is 0.463. The lowest BCUT2D eigenvalue weighted by molar-refractivity contribution is -0.139. The summed E-state index contributed by atoms with van der Waals surface area (Å²) in [5.74, 6) is -0.510. The Morgan fingerprint density at radius 3 is 2.29 bits per heavy atom. The summed E-state index contributed by atoms with van der Waals surface area (Å²) in [5, 5.41) is 0.440. The van der Waals surface area contributed by atoms with E-state index in [2.05, 4.69) is 13.8 Å². The Morgan fingerprint density at radius 1 is 0.968 bits per heavy atom. The number of nitrogens with zero attached hydrogens (tertiary/aromatic N) is 1. The van der Waals surface area contributed by atoms with Gasteiger partial charge in [-0.1, -0.05) is 23.7 Å². The number of halogens is 1. The average Bonchev–Trinajstić information content (AvgIpc) is 2.76. The Kier molecular flexibility index (Phi) is 7.69. The molecule has 0 aromatic heterocycles. The van der Waals surface area contributed by atoms with Gasteiger partial charge in [0.1, 0.15) is 5.75 Å². The Bertz CT molecular complexity index is 933. The minimum atomic E-state index is -0.617. The first-order valence-electron chi connectivity index (χ1n) is 10.3. The molecule has 1 fully saturated rings. The van der Waals surface area contributed by atoms with Crippen LogP contribution in [-0.2, 0) is 9.53 Å². The fourth-order valence-corrected chi connectivity index (χ4v) is 3.97. The van der Waals surface area contributed by atoms with E-state index < -0.39 is 5.97 Å². The second-order valence-corrected chi connectivity index (χ2v) is 8.19. The van der Waals surface area contributed by atoms with Crippen molar-refractivity contribution in [2.75, 3.05) is 13.2 Å². The summed E-state index contributed by atoms with van der Waals surface area (Å²) in [7, 11) is 0. The Hall–Kier alpha value is -2.86. The van der Waals surface area contributed by atoms with Crippen LogP contribution in [0.15, 0.2) is 48.5 Å². The van der Waals surface area contributed by atoms with Crippen LogP contribution < -0.4 is 4.74 Å². The number of carbonyl (C=O) groups is 3. The highest BCUT2D eigenvalue weighted by Gasteiger charge is 2.29. The molecule has 1 amide bonds. The molecule has 0 radical (unpaired) electrons. The molecule has 3 rings (SSSR count). The fraction of sp³-hybridized carbons (Fsp3) is 0.375. The van der Waals surface area contributed by atoms with Gasteiger partial charge in [0.05, 0.1) is 5.56 Å². The van der Waals surface area contributed by atoms with Crippen molar-refractivity contribution in [3.05, 3.63) is 64.7 Å². The lowest BCUT2D eigenvalue weighted by atomic mass is 9.97. The summed E-state index contributed by atoms with van der Waals surface area (Å²) in [4.78, 5) is 38.8. The molecule has 2 aromatic rings. The molecule has 0 bridgehead atoms. The number of carbonyl (C=O) groups excluding carboxylic acids is 3. The van der Waals surface area contributed by atoms with Crippen LogP contribution >= 0.6 is 11.6 Å². The summed E-state index contributed by atoms with van der Waals surface area (Å²) in [6.45, 7) is 3.70. The Balaban J connectivity index is 1.49. The number of likely N-dealkylation sites (tertiary alicyclic amines) is 1. The zero-order valence-electron chi connectivity index (χ0n) is 17.7. The third-order valence-electron chi connectivity index (χ3n) is 5.41. The van der Waals surface area contributed by atoms with Gasteiger partial charge in [-0.25, -0.2) is 4.79 Å². The van der Waals surface area contributed by atoms with Crippen molar-refractivity contribution in [3.8, 4) is 5.75 Å². The van der Waals surface area contributed by atoms with Crippen molar-refractivity contribution in [2.45, 2.75) is 45.2 Å². The molecular weight excluding hydrogens is 418 g/mol. The second kappa shape index (κ2) is 10.4. The lowest BCUT2D eigenvalue weighted by Gasteiger charge is -2.38. The maximum atomic E-state index is 12.5. The molecule has 0 unspecified atom stereocenters. The number of esters is 1. The SMILES string of the molecule is C[C@@H]1CCC[C@@H](C)N1C(=O)COc1ccc(C(=O)OCC(=O)c2cccc(Cl)c2)cc1. The first kappa shape index (κ1) is 22.8. The first-order chi connectivity index (χ1) is 14.8. The first-order valence-corrected chi connectivity index (χ1v) is 10.7. The second-order valence-electron chi connectivity index (χ2n) is 7.75. The molecule has 2 aromatic carbocycles. The topological polar surface area (TPSA) is 72.9 Å². The van der Waals surface area contributed by atoms with E-state index in [0.29, 0.717) is 16.3 Å². The number of ether oxygens (including phenoxy) is 2. The van der Waals surface area contributed by atoms with E-state index in [4.69, 9.17) is 21.1 Å². The number of piperidine rings is 1. The predicted molar refractivity (Wildman–Crippen MR) is 118 cm³/mol. The number of rotatable bonds is 7. The fourth-order valence-electron chi connectivity index (χ4n) is 3.78. The van der Waals surface area contributed by atoms with Crippen molar-refractivity contribution in [2.24, 2.45) is 0 Å². The summed E-state index contributed by atoms with van der Waals surface area (Å²) in [6, 6.07) is 13.2. The molecule has 164 valence electrons. The monoisotopic (exact) mass is 443 g/mol. The van der Waals surface area contributed by atoms with Crippen LogP contribution in [0.5, 0.6) is 5.75 Å². The van der Waals surface area contributed by atoms with Gasteiger partial charge in [-0.2, -0.15) is 0 Å². The average molecular weight is 444 g/mol. The third-order valence-corrected chi connectivity index (χ3v) is 5.65. The van der Waals surface area contributed by atoms with Crippen LogP contribution in [0.4, 0.5) is 0 Å². The number of ketones is 1. The van der Waals surface area contributed by atoms with E-state index in [1.807, 2.05) is 4.90 Å². The maximum Gasteiger partial charge on any atom is 0.338 e. The lowest BCUT2D eigenvalue weighted by Crippen LogP contribution is -2.49. The van der Waals surface area contributed by atoms with Crippen LogP contribution in [0, 0.1) is 0 Å². The van der Waals surface area contributed by atoms with Crippen molar-refractivity contribution < 1.29 is 23.9 Å². The normalized spacial score (nSPS) is 18.4. The van der Waals surface area contributed by atoms with E-state index in [1.165, 1.54) is 18.2 Å². The number of amides is 1. The Labute approximate surface area is 187 Å². The largest absolute Gasteiger partial charge is 0.484 e. The highest BCUT2D eigenvalue weighted by molar-refractivity contribution is 6.31. The van der Waals surface area contributed by atoms with Gasteiger partial charge in [-0.05, 0) is 69.5 Å². The summed E-state index contributed by atoms with van der Waals surface area (Å²) in [5.41, 5.74) is 0.668. The van der Waals surface area contributed by atoms with Crippen molar-refractivity contribution in [3.63, 3.8) is 0 Å². The van der Waals surface area contributed by atoms with Gasteiger partial charge in [-0.3, -0.25) is 9.59 Å². The van der Waals surface area contributed by atoms with Crippen LogP contribution in [0.3, 0.4) is 0 Å². The highest BCUT2D eigenvalue weighted by atomic mass is 35.5. The van der Waals surface area contributed by atoms with Crippen LogP contribution in [-0.4, -0.2) is 47.9 Å². The summed E-state index contributed by atoms with van der Waals surface area (Å²) >= 11 is 5.87. The zero-order chi connectivity index (χ0) is 22.4. The molecule has 1 heterocycles. The van der Waals surface area contributed by atoms with Gasteiger partial charge in [0.15, 0.2) is 19.0 Å². The standard InChI is InChI=1S/C24H26ClNO5/c1-16-5-3-6-17(2)26(16)23(28)15-30-21-11-9-18(10-12-21)24(29)31-14-22(27)19-7-4-8-20(25)13-19/h4,7-13,16-17H,3,5-6,14-15H2,1-2H3/t16-,17-/m1/s1. The van der Waals surface area contributed by atoms with Gasteiger partial charge in [0.2, 0.25) is 0 Å². The zero-order valence-corrected chi connectivity index (χ0v) is 18.4. The molecule has 0 spiro atoms. The predicted octanol–water partition coefficient (Wildman–Crippen LogP) is 4.55. The molecule has 7 heteroatoms. The number of benzene rings is 2. The van der Waals surface area contributed by atoms with Crippen LogP contribution in [0.1, 0.15) is 53.8 Å². The van der Waals surface area contributed by atoms with Crippen molar-refractivity contribution in [1.29, 1.82) is 0 Å². The van der Waals surface area contributed by atoms with Gasteiger partial charge < -0.3 is 14.4 Å². The molecule has 31 heavy (non-hydrogen) atoms. The number of Topliss-reactive ketones (excluding diaryl/α,β-unsaturated/α-hetero) is 1. The number of hydrogen-bond acceptors (Lipinski definition) is 5. The molecule has 0 aliphatic carbocycles. The van der Waals surface area contributed by atoms with Gasteiger partial charge in [0.25, 0.3) is 5.91 Å². The third kappa shape index (κ3) is 6.07. The van der Waals surface area contributed by atoms with Gasteiger partial charge >= 0.3 is 5.97 Å². The highest BCUT2D eigenvalue weighted by Crippen LogP contribution is 2.23. The molecule has 0 N–H and O–H groups in total. The maximum absolute atomic E-state index is 12.5. The molecule has 1 aliphatic rings. The molecule has 0 saturated carbocycles. The minimum absolute atomic E-state index is 0.0392.